The van der Waals surface area contributed by atoms with E-state index in [1.165, 1.54) is 5.56 Å². The fraction of sp³-hybridized carbons (Fsp3) is 0.286. The van der Waals surface area contributed by atoms with Gasteiger partial charge in [0.05, 0.1) is 12.5 Å². The van der Waals surface area contributed by atoms with Crippen LogP contribution in [-0.2, 0) is 6.54 Å². The third-order valence-electron chi connectivity index (χ3n) is 3.00. The molecule has 3 nitrogen and oxygen atoms in total. The molecule has 0 radical (unpaired) electrons. The fourth-order valence-corrected chi connectivity index (χ4v) is 2.48. The third kappa shape index (κ3) is 3.22. The van der Waals surface area contributed by atoms with Crippen molar-refractivity contribution in [1.29, 1.82) is 0 Å². The molecule has 0 aliphatic rings. The van der Waals surface area contributed by atoms with E-state index in [0.29, 0.717) is 6.54 Å². The molecule has 0 aliphatic carbocycles. The van der Waals surface area contributed by atoms with Crippen LogP contribution in [0.25, 0.3) is 0 Å². The molecule has 4 heteroatoms. The summed E-state index contributed by atoms with van der Waals surface area (Å²) in [6, 6.07) is 10.5. The lowest BCUT2D eigenvalue weighted by Crippen LogP contribution is -2.30. The van der Waals surface area contributed by atoms with Crippen molar-refractivity contribution in [3.63, 3.8) is 0 Å². The zero-order chi connectivity index (χ0) is 13.0. The van der Waals surface area contributed by atoms with E-state index in [1.54, 1.807) is 12.5 Å². The van der Waals surface area contributed by atoms with Gasteiger partial charge < -0.3 is 10.2 Å². The molecule has 18 heavy (non-hydrogen) atoms. The number of hydrogen-bond acceptors (Lipinski definition) is 3. The summed E-state index contributed by atoms with van der Waals surface area (Å²) in [7, 11) is 2.07. The largest absolute Gasteiger partial charge is 0.472 e. The average molecular weight is 309 g/mol. The highest BCUT2D eigenvalue weighted by Gasteiger charge is 2.16. The molecular weight excluding hydrogens is 292 g/mol. The SMILES string of the molecule is CN(Cc1ccoc1)C(CN)c1cccc(Br)c1. The minimum absolute atomic E-state index is 0.206. The van der Waals surface area contributed by atoms with Gasteiger partial charge >= 0.3 is 0 Å². The van der Waals surface area contributed by atoms with E-state index in [9.17, 15) is 0 Å². The first-order chi connectivity index (χ1) is 8.70. The Labute approximate surface area is 116 Å². The molecule has 0 spiro atoms. The van der Waals surface area contributed by atoms with Crippen molar-refractivity contribution in [2.45, 2.75) is 12.6 Å². The van der Waals surface area contributed by atoms with Gasteiger partial charge in [0.1, 0.15) is 0 Å². The molecule has 96 valence electrons. The highest BCUT2D eigenvalue weighted by molar-refractivity contribution is 9.10. The summed E-state index contributed by atoms with van der Waals surface area (Å²) >= 11 is 3.50. The Bertz CT molecular complexity index is 484. The molecule has 1 heterocycles. The van der Waals surface area contributed by atoms with E-state index in [4.69, 9.17) is 10.2 Å². The van der Waals surface area contributed by atoms with Crippen molar-refractivity contribution in [2.75, 3.05) is 13.6 Å². The van der Waals surface area contributed by atoms with Gasteiger partial charge in [-0.25, -0.2) is 0 Å². The Morgan fingerprint density at radius 2 is 2.22 bits per heavy atom. The normalized spacial score (nSPS) is 12.9. The van der Waals surface area contributed by atoms with E-state index in [1.807, 2.05) is 18.2 Å². The molecule has 0 amide bonds. The molecular formula is C14H17BrN2O. The Balaban J connectivity index is 2.12. The summed E-state index contributed by atoms with van der Waals surface area (Å²) < 4.78 is 6.17. The number of rotatable bonds is 5. The molecule has 2 aromatic rings. The van der Waals surface area contributed by atoms with Gasteiger partial charge in [0, 0.05) is 29.2 Å². The zero-order valence-corrected chi connectivity index (χ0v) is 11.9. The van der Waals surface area contributed by atoms with Gasteiger partial charge in [-0.3, -0.25) is 4.90 Å². The van der Waals surface area contributed by atoms with Crippen molar-refractivity contribution in [3.8, 4) is 0 Å². The lowest BCUT2D eigenvalue weighted by atomic mass is 10.1. The van der Waals surface area contributed by atoms with Crippen LogP contribution in [0, 0.1) is 0 Å². The van der Waals surface area contributed by atoms with Crippen LogP contribution in [0.1, 0.15) is 17.2 Å². The molecule has 2 N–H and O–H groups in total. The second-order valence-electron chi connectivity index (χ2n) is 4.35. The first-order valence-corrected chi connectivity index (χ1v) is 6.67. The summed E-state index contributed by atoms with van der Waals surface area (Å²) in [6.07, 6.45) is 3.46. The van der Waals surface area contributed by atoms with Gasteiger partial charge in [-0.15, -0.1) is 0 Å². The second kappa shape index (κ2) is 6.18. The van der Waals surface area contributed by atoms with Crippen LogP contribution in [0.3, 0.4) is 0 Å². The molecule has 0 aliphatic heterocycles. The zero-order valence-electron chi connectivity index (χ0n) is 10.3. The Morgan fingerprint density at radius 3 is 2.83 bits per heavy atom. The lowest BCUT2D eigenvalue weighted by molar-refractivity contribution is 0.241. The molecule has 1 aromatic heterocycles. The predicted molar refractivity (Wildman–Crippen MR) is 76.1 cm³/mol. The van der Waals surface area contributed by atoms with Crippen molar-refractivity contribution < 1.29 is 4.42 Å². The standard InChI is InChI=1S/C14H17BrN2O/c1-17(9-11-5-6-18-10-11)14(8-16)12-3-2-4-13(15)7-12/h2-7,10,14H,8-9,16H2,1H3. The van der Waals surface area contributed by atoms with Crippen LogP contribution < -0.4 is 5.73 Å². The molecule has 0 saturated heterocycles. The average Bonchev–Trinajstić information content (AvgIpc) is 2.83. The number of benzene rings is 1. The summed E-state index contributed by atoms with van der Waals surface area (Å²) in [5.41, 5.74) is 8.28. The monoisotopic (exact) mass is 308 g/mol. The van der Waals surface area contributed by atoms with E-state index >= 15 is 0 Å². The molecule has 2 rings (SSSR count). The van der Waals surface area contributed by atoms with Crippen LogP contribution >= 0.6 is 15.9 Å². The Kier molecular flexibility index (Phi) is 4.58. The van der Waals surface area contributed by atoms with Gasteiger partial charge in [-0.2, -0.15) is 0 Å². The van der Waals surface area contributed by atoms with Crippen LogP contribution in [0.15, 0.2) is 51.7 Å². The maximum atomic E-state index is 5.90. The van der Waals surface area contributed by atoms with Gasteiger partial charge in [0.15, 0.2) is 0 Å². The minimum atomic E-state index is 0.206. The number of nitrogens with two attached hydrogens (primary N) is 1. The second-order valence-corrected chi connectivity index (χ2v) is 5.27. The summed E-state index contributed by atoms with van der Waals surface area (Å²) in [5.74, 6) is 0. The quantitative estimate of drug-likeness (QED) is 0.922. The maximum absolute atomic E-state index is 5.90. The fourth-order valence-electron chi connectivity index (χ4n) is 2.07. The van der Waals surface area contributed by atoms with E-state index in [-0.39, 0.29) is 6.04 Å². The van der Waals surface area contributed by atoms with Crippen LogP contribution in [0.5, 0.6) is 0 Å². The predicted octanol–water partition coefficient (Wildman–Crippen LogP) is 3.17. The van der Waals surface area contributed by atoms with Crippen LogP contribution in [0.4, 0.5) is 0 Å². The van der Waals surface area contributed by atoms with E-state index in [2.05, 4.69) is 40.0 Å². The summed E-state index contributed by atoms with van der Waals surface area (Å²) in [4.78, 5) is 2.23. The van der Waals surface area contributed by atoms with Crippen molar-refractivity contribution >= 4 is 15.9 Å². The Hall–Kier alpha value is -1.10. The van der Waals surface area contributed by atoms with Gasteiger partial charge in [-0.05, 0) is 30.8 Å². The molecule has 0 fully saturated rings. The highest BCUT2D eigenvalue weighted by Crippen LogP contribution is 2.23. The number of halogens is 1. The molecule has 0 bridgehead atoms. The van der Waals surface area contributed by atoms with E-state index < -0.39 is 0 Å². The van der Waals surface area contributed by atoms with Crippen molar-refractivity contribution in [3.05, 3.63) is 58.5 Å². The van der Waals surface area contributed by atoms with Gasteiger partial charge in [-0.1, -0.05) is 28.1 Å². The minimum Gasteiger partial charge on any atom is -0.472 e. The van der Waals surface area contributed by atoms with Crippen LogP contribution in [-0.4, -0.2) is 18.5 Å². The third-order valence-corrected chi connectivity index (χ3v) is 3.49. The van der Waals surface area contributed by atoms with Crippen molar-refractivity contribution in [2.24, 2.45) is 5.73 Å². The first kappa shape index (κ1) is 13.3. The number of nitrogens with zero attached hydrogens (tertiary/aromatic N) is 1. The number of furan rings is 1. The van der Waals surface area contributed by atoms with Crippen molar-refractivity contribution in [1.82, 2.24) is 4.90 Å². The maximum Gasteiger partial charge on any atom is 0.0947 e. The first-order valence-electron chi connectivity index (χ1n) is 5.87. The number of hydrogen-bond donors (Lipinski definition) is 1. The smallest absolute Gasteiger partial charge is 0.0947 e. The lowest BCUT2D eigenvalue weighted by Gasteiger charge is -2.27. The van der Waals surface area contributed by atoms with Gasteiger partial charge in [0.2, 0.25) is 0 Å². The summed E-state index contributed by atoms with van der Waals surface area (Å²) in [5, 5.41) is 0. The molecule has 0 saturated carbocycles. The molecule has 1 aromatic carbocycles. The molecule has 1 unspecified atom stereocenters. The summed E-state index contributed by atoms with van der Waals surface area (Å²) in [6.45, 7) is 1.41. The topological polar surface area (TPSA) is 42.4 Å². The number of likely N-dealkylation sites (N-methyl/N-ethyl adjacent to an activating group) is 1. The van der Waals surface area contributed by atoms with Gasteiger partial charge in [0.25, 0.3) is 0 Å². The van der Waals surface area contributed by atoms with Crippen LogP contribution in [0.2, 0.25) is 0 Å². The van der Waals surface area contributed by atoms with E-state index in [0.717, 1.165) is 16.6 Å². The Morgan fingerprint density at radius 1 is 1.39 bits per heavy atom. The highest BCUT2D eigenvalue weighted by atomic mass is 79.9. The molecule has 1 atom stereocenters.